The Bertz CT molecular complexity index is 1260. The highest BCUT2D eigenvalue weighted by molar-refractivity contribution is 5.96. The molecule has 0 saturated carbocycles. The minimum Gasteiger partial charge on any atom is -0.497 e. The van der Waals surface area contributed by atoms with E-state index in [-0.39, 0.29) is 18.1 Å². The van der Waals surface area contributed by atoms with Crippen molar-refractivity contribution in [1.29, 1.82) is 0 Å². The van der Waals surface area contributed by atoms with Crippen LogP contribution in [0.15, 0.2) is 66.9 Å². The Balaban J connectivity index is 1.60. The monoisotopic (exact) mass is 432 g/mol. The van der Waals surface area contributed by atoms with Gasteiger partial charge in [-0.2, -0.15) is 0 Å². The van der Waals surface area contributed by atoms with Crippen molar-refractivity contribution in [3.8, 4) is 11.5 Å². The highest BCUT2D eigenvalue weighted by atomic mass is 19.1. The Kier molecular flexibility index (Phi) is 6.12. The second-order valence-electron chi connectivity index (χ2n) is 7.71. The van der Waals surface area contributed by atoms with Crippen LogP contribution in [0.4, 0.5) is 10.1 Å². The van der Waals surface area contributed by atoms with Crippen LogP contribution < -0.4 is 14.8 Å². The predicted molar refractivity (Wildman–Crippen MR) is 124 cm³/mol. The van der Waals surface area contributed by atoms with E-state index in [1.807, 2.05) is 48.7 Å². The second-order valence-corrected chi connectivity index (χ2v) is 7.71. The van der Waals surface area contributed by atoms with Crippen LogP contribution in [0, 0.1) is 12.7 Å². The number of amides is 1. The summed E-state index contributed by atoms with van der Waals surface area (Å²) in [6.45, 7) is 2.28. The number of halogens is 1. The molecule has 4 rings (SSSR count). The number of aromatic nitrogens is 1. The zero-order valence-electron chi connectivity index (χ0n) is 18.3. The molecule has 4 aromatic rings. The number of hydrogen-bond acceptors (Lipinski definition) is 3. The Morgan fingerprint density at radius 3 is 2.41 bits per heavy atom. The molecule has 0 radical (unpaired) electrons. The molecule has 5 nitrogen and oxygen atoms in total. The molecule has 0 spiro atoms. The number of nitrogens with zero attached hydrogens (tertiary/aromatic N) is 1. The molecule has 0 aliphatic carbocycles. The van der Waals surface area contributed by atoms with E-state index in [4.69, 9.17) is 9.47 Å². The maximum absolute atomic E-state index is 13.8. The first-order valence-corrected chi connectivity index (χ1v) is 10.3. The Morgan fingerprint density at radius 2 is 1.72 bits per heavy atom. The van der Waals surface area contributed by atoms with Gasteiger partial charge in [0.05, 0.1) is 20.6 Å². The number of aryl methyl sites for hydroxylation is 1. The number of methoxy groups -OCH3 is 2. The third-order valence-corrected chi connectivity index (χ3v) is 5.44. The van der Waals surface area contributed by atoms with E-state index in [0.717, 1.165) is 33.5 Å². The summed E-state index contributed by atoms with van der Waals surface area (Å²) in [6, 6.07) is 18.4. The second kappa shape index (κ2) is 9.14. The van der Waals surface area contributed by atoms with Crippen LogP contribution in [0.2, 0.25) is 0 Å². The number of para-hydroxylation sites is 1. The van der Waals surface area contributed by atoms with Crippen molar-refractivity contribution < 1.29 is 18.7 Å². The fourth-order valence-corrected chi connectivity index (χ4v) is 3.80. The summed E-state index contributed by atoms with van der Waals surface area (Å²) in [7, 11) is 3.25. The van der Waals surface area contributed by atoms with E-state index in [2.05, 4.69) is 9.88 Å². The molecule has 3 aromatic carbocycles. The maximum atomic E-state index is 13.8. The summed E-state index contributed by atoms with van der Waals surface area (Å²) >= 11 is 0. The minimum atomic E-state index is -0.340. The average molecular weight is 432 g/mol. The fourth-order valence-electron chi connectivity index (χ4n) is 3.80. The van der Waals surface area contributed by atoms with Gasteiger partial charge in [0.15, 0.2) is 0 Å². The molecule has 164 valence electrons. The lowest BCUT2D eigenvalue weighted by Crippen LogP contribution is -2.14. The largest absolute Gasteiger partial charge is 0.497 e. The van der Waals surface area contributed by atoms with Gasteiger partial charge in [0, 0.05) is 35.4 Å². The highest BCUT2D eigenvalue weighted by Crippen LogP contribution is 2.27. The van der Waals surface area contributed by atoms with Gasteiger partial charge < -0.3 is 19.4 Å². The summed E-state index contributed by atoms with van der Waals surface area (Å²) in [5.74, 6) is 0.911. The number of fused-ring (bicyclic) bond motifs is 1. The van der Waals surface area contributed by atoms with Crippen molar-refractivity contribution in [1.82, 2.24) is 4.57 Å². The van der Waals surface area contributed by atoms with E-state index in [1.54, 1.807) is 33.3 Å². The van der Waals surface area contributed by atoms with E-state index in [0.29, 0.717) is 17.8 Å². The van der Waals surface area contributed by atoms with Crippen LogP contribution in [-0.4, -0.2) is 24.7 Å². The summed E-state index contributed by atoms with van der Waals surface area (Å²) in [6.07, 6.45) is 2.18. The first kappa shape index (κ1) is 21.4. The van der Waals surface area contributed by atoms with Crippen LogP contribution in [0.25, 0.3) is 10.9 Å². The standard InChI is InChI=1S/C26H25FN2O3/c1-17-8-9-20(13-24(17)27)28-26(30)12-19-16-29(25-7-5-4-6-23(19)25)15-18-10-21(31-2)14-22(11-18)32-3/h4-11,13-14,16H,12,15H2,1-3H3,(H,28,30). The van der Waals surface area contributed by atoms with Gasteiger partial charge in [-0.05, 0) is 53.9 Å². The van der Waals surface area contributed by atoms with Crippen LogP contribution in [-0.2, 0) is 17.8 Å². The summed E-state index contributed by atoms with van der Waals surface area (Å²) in [4.78, 5) is 12.7. The van der Waals surface area contributed by atoms with Crippen molar-refractivity contribution >= 4 is 22.5 Å². The molecule has 0 saturated heterocycles. The number of carbonyl (C=O) groups is 1. The van der Waals surface area contributed by atoms with E-state index < -0.39 is 0 Å². The lowest BCUT2D eigenvalue weighted by molar-refractivity contribution is -0.115. The van der Waals surface area contributed by atoms with Crippen molar-refractivity contribution in [2.45, 2.75) is 19.9 Å². The van der Waals surface area contributed by atoms with E-state index in [9.17, 15) is 9.18 Å². The van der Waals surface area contributed by atoms with Crippen LogP contribution in [0.3, 0.4) is 0 Å². The van der Waals surface area contributed by atoms with Gasteiger partial charge in [-0.15, -0.1) is 0 Å². The number of carbonyl (C=O) groups excluding carboxylic acids is 1. The topological polar surface area (TPSA) is 52.5 Å². The number of benzene rings is 3. The molecular weight excluding hydrogens is 407 g/mol. The number of anilines is 1. The molecular formula is C26H25FN2O3. The van der Waals surface area contributed by atoms with Crippen molar-refractivity contribution in [2.24, 2.45) is 0 Å². The van der Waals surface area contributed by atoms with Crippen LogP contribution >= 0.6 is 0 Å². The van der Waals surface area contributed by atoms with Crippen molar-refractivity contribution in [2.75, 3.05) is 19.5 Å². The van der Waals surface area contributed by atoms with Gasteiger partial charge in [-0.3, -0.25) is 4.79 Å². The SMILES string of the molecule is COc1cc(Cn2cc(CC(=O)Nc3ccc(C)c(F)c3)c3ccccc32)cc(OC)c1. The Hall–Kier alpha value is -3.80. The molecule has 32 heavy (non-hydrogen) atoms. The molecule has 1 N–H and O–H groups in total. The van der Waals surface area contributed by atoms with Gasteiger partial charge in [0.25, 0.3) is 0 Å². The minimum absolute atomic E-state index is 0.185. The average Bonchev–Trinajstić information content (AvgIpc) is 3.13. The molecule has 0 fully saturated rings. The third kappa shape index (κ3) is 4.59. The molecule has 0 unspecified atom stereocenters. The third-order valence-electron chi connectivity index (χ3n) is 5.44. The van der Waals surface area contributed by atoms with Crippen LogP contribution in [0.5, 0.6) is 11.5 Å². The smallest absolute Gasteiger partial charge is 0.228 e. The normalized spacial score (nSPS) is 10.9. The summed E-state index contributed by atoms with van der Waals surface area (Å²) in [5.41, 5.74) is 3.94. The Labute approximate surface area is 186 Å². The number of hydrogen-bond donors (Lipinski definition) is 1. The molecule has 6 heteroatoms. The maximum Gasteiger partial charge on any atom is 0.228 e. The number of ether oxygens (including phenoxy) is 2. The summed E-state index contributed by atoms with van der Waals surface area (Å²) < 4.78 is 26.7. The zero-order chi connectivity index (χ0) is 22.7. The van der Waals surface area contributed by atoms with Crippen molar-refractivity contribution in [3.63, 3.8) is 0 Å². The molecule has 0 atom stereocenters. The lowest BCUT2D eigenvalue weighted by atomic mass is 10.1. The Morgan fingerprint density at radius 1 is 1.00 bits per heavy atom. The van der Waals surface area contributed by atoms with Gasteiger partial charge in [0.2, 0.25) is 5.91 Å². The molecule has 1 aromatic heterocycles. The summed E-state index contributed by atoms with van der Waals surface area (Å²) in [5, 5.41) is 3.80. The van der Waals surface area contributed by atoms with Gasteiger partial charge in [-0.1, -0.05) is 24.3 Å². The number of rotatable bonds is 7. The number of nitrogens with one attached hydrogen (secondary N) is 1. The lowest BCUT2D eigenvalue weighted by Gasteiger charge is -2.10. The molecule has 1 heterocycles. The van der Waals surface area contributed by atoms with Gasteiger partial charge in [-0.25, -0.2) is 4.39 Å². The zero-order valence-corrected chi connectivity index (χ0v) is 18.3. The van der Waals surface area contributed by atoms with Gasteiger partial charge in [0.1, 0.15) is 17.3 Å². The van der Waals surface area contributed by atoms with E-state index >= 15 is 0 Å². The quantitative estimate of drug-likeness (QED) is 0.429. The highest BCUT2D eigenvalue weighted by Gasteiger charge is 2.13. The van der Waals surface area contributed by atoms with Gasteiger partial charge >= 0.3 is 0 Å². The predicted octanol–water partition coefficient (Wildman–Crippen LogP) is 5.34. The first-order valence-electron chi connectivity index (χ1n) is 10.3. The first-order chi connectivity index (χ1) is 15.5. The fraction of sp³-hybridized carbons (Fsp3) is 0.192. The van der Waals surface area contributed by atoms with E-state index in [1.165, 1.54) is 6.07 Å². The molecule has 0 aliphatic heterocycles. The molecule has 1 amide bonds. The van der Waals surface area contributed by atoms with Crippen molar-refractivity contribution in [3.05, 3.63) is 89.4 Å². The molecule has 0 aliphatic rings. The molecule has 0 bridgehead atoms. The van der Waals surface area contributed by atoms with Crippen LogP contribution in [0.1, 0.15) is 16.7 Å².